The highest BCUT2D eigenvalue weighted by Crippen LogP contribution is 2.38. The summed E-state index contributed by atoms with van der Waals surface area (Å²) in [6.07, 6.45) is 0. The van der Waals surface area contributed by atoms with Crippen LogP contribution in [0.5, 0.6) is 11.5 Å². The fraction of sp³-hybridized carbons (Fsp3) is 0.417. The normalized spacial score (nSPS) is 9.62. The van der Waals surface area contributed by atoms with Crippen LogP contribution in [0.2, 0.25) is 0 Å². The van der Waals surface area contributed by atoms with Gasteiger partial charge in [-0.05, 0) is 24.6 Å². The van der Waals surface area contributed by atoms with Crippen LogP contribution in [0.15, 0.2) is 12.1 Å². The van der Waals surface area contributed by atoms with Crippen molar-refractivity contribution in [2.75, 3.05) is 20.8 Å². The van der Waals surface area contributed by atoms with Gasteiger partial charge < -0.3 is 14.2 Å². The highest BCUT2D eigenvalue weighted by Gasteiger charge is 2.12. The Morgan fingerprint density at radius 3 is 2.12 bits per heavy atom. The lowest BCUT2D eigenvalue weighted by Gasteiger charge is -2.11. The van der Waals surface area contributed by atoms with Gasteiger partial charge in [0.2, 0.25) is 0 Å². The molecule has 0 bridgehead atoms. The van der Waals surface area contributed by atoms with E-state index in [1.807, 2.05) is 6.92 Å². The molecule has 0 spiro atoms. The minimum absolute atomic E-state index is 0.394. The van der Waals surface area contributed by atoms with Crippen molar-refractivity contribution in [3.8, 4) is 11.5 Å². The van der Waals surface area contributed by atoms with Crippen LogP contribution in [0.4, 0.5) is 5.69 Å². The first kappa shape index (κ1) is 12.3. The summed E-state index contributed by atoms with van der Waals surface area (Å²) < 4.78 is 15.6. The molecule has 0 saturated carbocycles. The maximum Gasteiger partial charge on any atom is 0.268 e. The second-order valence-corrected chi connectivity index (χ2v) is 3.10. The van der Waals surface area contributed by atoms with E-state index in [1.54, 1.807) is 12.1 Å². The molecule has 1 aromatic rings. The van der Waals surface area contributed by atoms with Crippen LogP contribution < -0.4 is 9.47 Å². The lowest BCUT2D eigenvalue weighted by Crippen LogP contribution is -1.95. The standard InChI is InChI=1S/C12H15NO3/c1-5-16-8-9-6-10(14-3)12(13-2)11(7-9)15-4/h6-7H,5,8H2,1,3-4H3. The maximum atomic E-state index is 7.07. The van der Waals surface area contributed by atoms with Gasteiger partial charge in [0.05, 0.1) is 27.4 Å². The van der Waals surface area contributed by atoms with Crippen molar-refractivity contribution < 1.29 is 14.2 Å². The smallest absolute Gasteiger partial charge is 0.268 e. The van der Waals surface area contributed by atoms with Crippen LogP contribution in [0.1, 0.15) is 12.5 Å². The Hall–Kier alpha value is -1.73. The van der Waals surface area contributed by atoms with E-state index in [9.17, 15) is 0 Å². The molecule has 86 valence electrons. The molecule has 0 heterocycles. The zero-order chi connectivity index (χ0) is 12.0. The van der Waals surface area contributed by atoms with Gasteiger partial charge in [0.15, 0.2) is 0 Å². The largest absolute Gasteiger partial charge is 0.508 e. The molecule has 0 aromatic heterocycles. The number of methoxy groups -OCH3 is 2. The summed E-state index contributed by atoms with van der Waals surface area (Å²) in [6.45, 7) is 10.1. The van der Waals surface area contributed by atoms with E-state index >= 15 is 0 Å². The van der Waals surface area contributed by atoms with Gasteiger partial charge in [-0.1, -0.05) is 0 Å². The first-order chi connectivity index (χ1) is 7.76. The average Bonchev–Trinajstić information content (AvgIpc) is 2.34. The number of benzene rings is 1. The maximum absolute atomic E-state index is 7.07. The predicted octanol–water partition coefficient (Wildman–Crippen LogP) is 2.79. The van der Waals surface area contributed by atoms with Crippen LogP contribution in [0.25, 0.3) is 4.85 Å². The van der Waals surface area contributed by atoms with Crippen molar-refractivity contribution in [1.82, 2.24) is 0 Å². The van der Waals surface area contributed by atoms with Crippen molar-refractivity contribution in [1.29, 1.82) is 0 Å². The highest BCUT2D eigenvalue weighted by molar-refractivity contribution is 5.68. The highest BCUT2D eigenvalue weighted by atomic mass is 16.5. The third-order valence-corrected chi connectivity index (χ3v) is 2.12. The lowest BCUT2D eigenvalue weighted by molar-refractivity contribution is 0.133. The number of hydrogen-bond acceptors (Lipinski definition) is 3. The quantitative estimate of drug-likeness (QED) is 0.716. The molecule has 4 heteroatoms. The van der Waals surface area contributed by atoms with E-state index in [2.05, 4.69) is 4.85 Å². The second-order valence-electron chi connectivity index (χ2n) is 3.10. The summed E-state index contributed by atoms with van der Waals surface area (Å²) in [7, 11) is 3.07. The summed E-state index contributed by atoms with van der Waals surface area (Å²) in [5.74, 6) is 1.04. The Labute approximate surface area is 95.6 Å². The molecular formula is C12H15NO3. The topological polar surface area (TPSA) is 32.0 Å². The molecule has 0 saturated heterocycles. The van der Waals surface area contributed by atoms with Gasteiger partial charge in [0.25, 0.3) is 5.69 Å². The molecule has 0 aliphatic carbocycles. The second kappa shape index (κ2) is 5.99. The molecule has 16 heavy (non-hydrogen) atoms. The van der Waals surface area contributed by atoms with Crippen LogP contribution in [-0.2, 0) is 11.3 Å². The monoisotopic (exact) mass is 221 g/mol. The molecule has 1 rings (SSSR count). The molecule has 4 nitrogen and oxygen atoms in total. The molecule has 1 aromatic carbocycles. The van der Waals surface area contributed by atoms with Gasteiger partial charge in [-0.2, -0.15) is 0 Å². The summed E-state index contributed by atoms with van der Waals surface area (Å²) in [6, 6.07) is 3.59. The van der Waals surface area contributed by atoms with E-state index < -0.39 is 0 Å². The number of rotatable bonds is 5. The molecule has 0 amide bonds. The van der Waals surface area contributed by atoms with Gasteiger partial charge in [-0.15, -0.1) is 0 Å². The molecular weight excluding hydrogens is 206 g/mol. The summed E-state index contributed by atoms with van der Waals surface area (Å²) in [4.78, 5) is 3.39. The molecule has 0 N–H and O–H groups in total. The minimum Gasteiger partial charge on any atom is -0.508 e. The zero-order valence-corrected chi connectivity index (χ0v) is 9.74. The number of nitrogens with zero attached hydrogens (tertiary/aromatic N) is 1. The van der Waals surface area contributed by atoms with Crippen LogP contribution in [-0.4, -0.2) is 20.8 Å². The molecule has 0 unspecified atom stereocenters. The van der Waals surface area contributed by atoms with Gasteiger partial charge >= 0.3 is 0 Å². The zero-order valence-electron chi connectivity index (χ0n) is 9.74. The van der Waals surface area contributed by atoms with Crippen molar-refractivity contribution >= 4 is 5.69 Å². The van der Waals surface area contributed by atoms with Crippen molar-refractivity contribution in [2.24, 2.45) is 0 Å². The Kier molecular flexibility index (Phi) is 4.62. The van der Waals surface area contributed by atoms with Crippen LogP contribution in [0, 0.1) is 6.57 Å². The predicted molar refractivity (Wildman–Crippen MR) is 61.1 cm³/mol. The molecule has 0 aliphatic rings. The average molecular weight is 221 g/mol. The fourth-order valence-corrected chi connectivity index (χ4v) is 1.36. The van der Waals surface area contributed by atoms with Crippen molar-refractivity contribution in [2.45, 2.75) is 13.5 Å². The van der Waals surface area contributed by atoms with E-state index in [1.165, 1.54) is 14.2 Å². The lowest BCUT2D eigenvalue weighted by atomic mass is 10.2. The summed E-state index contributed by atoms with van der Waals surface area (Å²) in [5.41, 5.74) is 1.33. The fourth-order valence-electron chi connectivity index (χ4n) is 1.36. The van der Waals surface area contributed by atoms with Crippen molar-refractivity contribution in [3.05, 3.63) is 29.1 Å². The minimum atomic E-state index is 0.394. The summed E-state index contributed by atoms with van der Waals surface area (Å²) in [5, 5.41) is 0. The van der Waals surface area contributed by atoms with Crippen LogP contribution >= 0.6 is 0 Å². The Balaban J connectivity index is 3.11. The molecule has 0 atom stereocenters. The van der Waals surface area contributed by atoms with E-state index in [0.717, 1.165) is 5.56 Å². The Bertz CT molecular complexity index is 371. The summed E-state index contributed by atoms with van der Waals surface area (Å²) >= 11 is 0. The Morgan fingerprint density at radius 2 is 1.75 bits per heavy atom. The number of ether oxygens (including phenoxy) is 3. The van der Waals surface area contributed by atoms with E-state index in [0.29, 0.717) is 30.4 Å². The van der Waals surface area contributed by atoms with Crippen molar-refractivity contribution in [3.63, 3.8) is 0 Å². The number of hydrogen-bond donors (Lipinski definition) is 0. The first-order valence-electron chi connectivity index (χ1n) is 4.96. The molecule has 0 fully saturated rings. The Morgan fingerprint density at radius 1 is 1.19 bits per heavy atom. The third-order valence-electron chi connectivity index (χ3n) is 2.12. The SMILES string of the molecule is [C-]#[N+]c1c(OC)cc(COCC)cc1OC. The van der Waals surface area contributed by atoms with Crippen LogP contribution in [0.3, 0.4) is 0 Å². The van der Waals surface area contributed by atoms with Gasteiger partial charge in [-0.3, -0.25) is 0 Å². The van der Waals surface area contributed by atoms with Gasteiger partial charge in [0.1, 0.15) is 11.5 Å². The van der Waals surface area contributed by atoms with E-state index in [-0.39, 0.29) is 0 Å². The molecule has 0 radical (unpaired) electrons. The van der Waals surface area contributed by atoms with Gasteiger partial charge in [-0.25, -0.2) is 4.85 Å². The molecule has 0 aliphatic heterocycles. The first-order valence-corrected chi connectivity index (χ1v) is 4.96. The van der Waals surface area contributed by atoms with Gasteiger partial charge in [0, 0.05) is 6.61 Å². The third kappa shape index (κ3) is 2.65. The van der Waals surface area contributed by atoms with E-state index in [4.69, 9.17) is 20.8 Å².